The summed E-state index contributed by atoms with van der Waals surface area (Å²) in [5, 5.41) is 8.23. The molecule has 0 atom stereocenters. The number of nitrogens with two attached hydrogens (primary N) is 2. The van der Waals surface area contributed by atoms with Crippen molar-refractivity contribution in [3.05, 3.63) is 47.8 Å². The molecule has 2 aromatic rings. The minimum atomic E-state index is -3.75. The maximum Gasteiger partial charge on any atom is 0.238 e. The average molecular weight is 306 g/mol. The van der Waals surface area contributed by atoms with E-state index in [1.165, 1.54) is 18.2 Å². The van der Waals surface area contributed by atoms with Crippen molar-refractivity contribution >= 4 is 21.4 Å². The minimum absolute atomic E-state index is 0.0240. The lowest BCUT2D eigenvalue weighted by Crippen LogP contribution is -2.13. The maximum atomic E-state index is 11.4. The monoisotopic (exact) mass is 306 g/mol. The molecule has 0 saturated heterocycles. The number of benzene rings is 1. The van der Waals surface area contributed by atoms with Crippen molar-refractivity contribution in [3.8, 4) is 0 Å². The third-order valence-corrected chi connectivity index (χ3v) is 4.08. The standard InChI is InChI=1S/C14H18N4O2S/c1-2-10-4-3-7-17-14(10)9-18-13-8-11(21(16,19)20)5-6-12(13)15/h3-8,18H,2,9,15H2,1H3,(H2,16,19,20). The molecule has 0 spiro atoms. The van der Waals surface area contributed by atoms with Gasteiger partial charge in [0.15, 0.2) is 0 Å². The second kappa shape index (κ2) is 6.11. The van der Waals surface area contributed by atoms with Gasteiger partial charge in [-0.3, -0.25) is 4.98 Å². The number of sulfonamides is 1. The summed E-state index contributed by atoms with van der Waals surface area (Å²) in [5.41, 5.74) is 8.86. The Balaban J connectivity index is 2.24. The van der Waals surface area contributed by atoms with Gasteiger partial charge < -0.3 is 11.1 Å². The highest BCUT2D eigenvalue weighted by atomic mass is 32.2. The van der Waals surface area contributed by atoms with Gasteiger partial charge in [0.25, 0.3) is 0 Å². The molecule has 5 N–H and O–H groups in total. The number of aryl methyl sites for hydroxylation is 1. The van der Waals surface area contributed by atoms with Crippen LogP contribution in [0.3, 0.4) is 0 Å². The molecule has 0 bridgehead atoms. The van der Waals surface area contributed by atoms with Gasteiger partial charge in [-0.05, 0) is 36.2 Å². The summed E-state index contributed by atoms with van der Waals surface area (Å²) < 4.78 is 22.7. The Morgan fingerprint density at radius 3 is 2.71 bits per heavy atom. The molecule has 0 aliphatic heterocycles. The van der Waals surface area contributed by atoms with Crippen molar-refractivity contribution in [1.82, 2.24) is 4.98 Å². The molecule has 7 heteroatoms. The van der Waals surface area contributed by atoms with Gasteiger partial charge in [0.1, 0.15) is 0 Å². The van der Waals surface area contributed by atoms with E-state index < -0.39 is 10.0 Å². The van der Waals surface area contributed by atoms with Crippen molar-refractivity contribution in [2.24, 2.45) is 5.14 Å². The van der Waals surface area contributed by atoms with Crippen LogP contribution >= 0.6 is 0 Å². The van der Waals surface area contributed by atoms with Gasteiger partial charge in [-0.1, -0.05) is 13.0 Å². The van der Waals surface area contributed by atoms with E-state index in [-0.39, 0.29) is 4.90 Å². The van der Waals surface area contributed by atoms with E-state index in [1.54, 1.807) is 6.20 Å². The van der Waals surface area contributed by atoms with Gasteiger partial charge in [0, 0.05) is 6.20 Å². The largest absolute Gasteiger partial charge is 0.397 e. The van der Waals surface area contributed by atoms with E-state index in [4.69, 9.17) is 10.9 Å². The van der Waals surface area contributed by atoms with Crippen LogP contribution in [0.5, 0.6) is 0 Å². The van der Waals surface area contributed by atoms with Gasteiger partial charge in [-0.25, -0.2) is 13.6 Å². The molecule has 0 radical (unpaired) electrons. The van der Waals surface area contributed by atoms with Crippen LogP contribution in [0.1, 0.15) is 18.2 Å². The topological polar surface area (TPSA) is 111 Å². The third kappa shape index (κ3) is 3.71. The molecule has 1 heterocycles. The van der Waals surface area contributed by atoms with Gasteiger partial charge in [0.2, 0.25) is 10.0 Å². The Morgan fingerprint density at radius 1 is 1.29 bits per heavy atom. The fraction of sp³-hybridized carbons (Fsp3) is 0.214. The molecule has 1 aromatic heterocycles. The van der Waals surface area contributed by atoms with E-state index in [0.717, 1.165) is 17.7 Å². The van der Waals surface area contributed by atoms with E-state index >= 15 is 0 Å². The summed E-state index contributed by atoms with van der Waals surface area (Å²) in [7, 11) is -3.75. The number of hydrogen-bond donors (Lipinski definition) is 3. The first-order valence-corrected chi connectivity index (χ1v) is 8.05. The van der Waals surface area contributed by atoms with Crippen molar-refractivity contribution in [2.45, 2.75) is 24.8 Å². The van der Waals surface area contributed by atoms with Gasteiger partial charge in [-0.15, -0.1) is 0 Å². The zero-order valence-corrected chi connectivity index (χ0v) is 12.5. The summed E-state index contributed by atoms with van der Waals surface area (Å²) >= 11 is 0. The van der Waals surface area contributed by atoms with Crippen molar-refractivity contribution in [3.63, 3.8) is 0 Å². The van der Waals surface area contributed by atoms with Gasteiger partial charge >= 0.3 is 0 Å². The first-order valence-electron chi connectivity index (χ1n) is 6.50. The number of nitrogens with one attached hydrogen (secondary N) is 1. The molecule has 2 rings (SSSR count). The van der Waals surface area contributed by atoms with Crippen LogP contribution in [0.15, 0.2) is 41.4 Å². The van der Waals surface area contributed by atoms with E-state index in [9.17, 15) is 8.42 Å². The lowest BCUT2D eigenvalue weighted by molar-refractivity contribution is 0.598. The second-order valence-electron chi connectivity index (χ2n) is 4.61. The Kier molecular flexibility index (Phi) is 4.44. The van der Waals surface area contributed by atoms with Crippen LogP contribution in [0, 0.1) is 0 Å². The minimum Gasteiger partial charge on any atom is -0.397 e. The number of primary sulfonamides is 1. The molecular formula is C14H18N4O2S. The fourth-order valence-electron chi connectivity index (χ4n) is 2.00. The highest BCUT2D eigenvalue weighted by Crippen LogP contribution is 2.23. The fourth-order valence-corrected chi connectivity index (χ4v) is 2.54. The second-order valence-corrected chi connectivity index (χ2v) is 6.17. The number of nitrogens with zero attached hydrogens (tertiary/aromatic N) is 1. The van der Waals surface area contributed by atoms with Crippen molar-refractivity contribution < 1.29 is 8.42 Å². The maximum absolute atomic E-state index is 11.4. The molecule has 0 aliphatic carbocycles. The Labute approximate surface area is 124 Å². The molecule has 0 unspecified atom stereocenters. The van der Waals surface area contributed by atoms with Crippen LogP contribution < -0.4 is 16.2 Å². The zero-order chi connectivity index (χ0) is 15.5. The third-order valence-electron chi connectivity index (χ3n) is 3.16. The predicted octanol–water partition coefficient (Wildman–Crippen LogP) is 1.49. The smallest absolute Gasteiger partial charge is 0.238 e. The van der Waals surface area contributed by atoms with E-state index in [0.29, 0.717) is 17.9 Å². The normalized spacial score (nSPS) is 11.3. The molecule has 0 saturated carbocycles. The molecule has 0 fully saturated rings. The Bertz CT molecular complexity index is 744. The lowest BCUT2D eigenvalue weighted by Gasteiger charge is -2.12. The number of pyridine rings is 1. The van der Waals surface area contributed by atoms with Crippen LogP contribution in [-0.4, -0.2) is 13.4 Å². The molecule has 6 nitrogen and oxygen atoms in total. The number of nitrogen functional groups attached to an aromatic ring is 1. The van der Waals surface area contributed by atoms with Crippen LogP contribution in [-0.2, 0) is 23.0 Å². The predicted molar refractivity (Wildman–Crippen MR) is 83.2 cm³/mol. The zero-order valence-electron chi connectivity index (χ0n) is 11.7. The summed E-state index contributed by atoms with van der Waals surface area (Å²) in [5.74, 6) is 0. The SMILES string of the molecule is CCc1cccnc1CNc1cc(S(N)(=O)=O)ccc1N. The van der Waals surface area contributed by atoms with E-state index in [2.05, 4.69) is 17.2 Å². The van der Waals surface area contributed by atoms with Crippen molar-refractivity contribution in [2.75, 3.05) is 11.1 Å². The number of anilines is 2. The number of hydrogen-bond acceptors (Lipinski definition) is 5. The molecule has 112 valence electrons. The quantitative estimate of drug-likeness (QED) is 0.725. The average Bonchev–Trinajstić information content (AvgIpc) is 2.45. The van der Waals surface area contributed by atoms with Crippen LogP contribution in [0.2, 0.25) is 0 Å². The summed E-state index contributed by atoms with van der Waals surface area (Å²) in [4.78, 5) is 4.34. The lowest BCUT2D eigenvalue weighted by atomic mass is 10.1. The summed E-state index contributed by atoms with van der Waals surface area (Å²) in [6.45, 7) is 2.51. The first-order chi connectivity index (χ1) is 9.91. The van der Waals surface area contributed by atoms with Gasteiger partial charge in [0.05, 0.1) is 28.5 Å². The van der Waals surface area contributed by atoms with Crippen molar-refractivity contribution in [1.29, 1.82) is 0 Å². The van der Waals surface area contributed by atoms with Gasteiger partial charge in [-0.2, -0.15) is 0 Å². The molecule has 0 amide bonds. The first kappa shape index (κ1) is 15.3. The molecule has 0 aliphatic rings. The summed E-state index contributed by atoms with van der Waals surface area (Å²) in [6.07, 6.45) is 2.60. The van der Waals surface area contributed by atoms with Crippen LogP contribution in [0.25, 0.3) is 0 Å². The Morgan fingerprint density at radius 2 is 2.05 bits per heavy atom. The van der Waals surface area contributed by atoms with Crippen LogP contribution in [0.4, 0.5) is 11.4 Å². The highest BCUT2D eigenvalue weighted by Gasteiger charge is 2.10. The summed E-state index contributed by atoms with van der Waals surface area (Å²) in [6, 6.07) is 8.22. The highest BCUT2D eigenvalue weighted by molar-refractivity contribution is 7.89. The Hall–Kier alpha value is -2.12. The molecule has 1 aromatic carbocycles. The van der Waals surface area contributed by atoms with E-state index in [1.807, 2.05) is 12.1 Å². The molecular weight excluding hydrogens is 288 g/mol. The number of aromatic nitrogens is 1. The molecule has 21 heavy (non-hydrogen) atoms. The number of rotatable bonds is 5.